The summed E-state index contributed by atoms with van der Waals surface area (Å²) in [6.07, 6.45) is 6.61. The van der Waals surface area contributed by atoms with E-state index < -0.39 is 0 Å². The molecule has 2 atom stereocenters. The maximum atomic E-state index is 12.6. The van der Waals surface area contributed by atoms with Crippen molar-refractivity contribution in [2.75, 3.05) is 0 Å². The Kier molecular flexibility index (Phi) is 4.76. The second-order valence-corrected chi connectivity index (χ2v) is 6.19. The number of fused-ring (bicyclic) bond motifs is 1. The lowest BCUT2D eigenvalue weighted by Gasteiger charge is -2.21. The first-order chi connectivity index (χ1) is 11.6. The molecule has 1 N–H and O–H groups in total. The second kappa shape index (κ2) is 6.97. The molecule has 0 aliphatic carbocycles. The van der Waals surface area contributed by atoms with Crippen LogP contribution in [0.25, 0.3) is 10.8 Å². The molecule has 6 heteroatoms. The van der Waals surface area contributed by atoms with Crippen molar-refractivity contribution in [1.82, 2.24) is 24.9 Å². The van der Waals surface area contributed by atoms with Crippen LogP contribution in [0.15, 0.2) is 47.7 Å². The number of rotatable bonds is 6. The SMILES string of the molecule is CC[C@H](N[C@H](C)Cn1ncc2ccccc2c1=O)c1cnn(C)c1. The van der Waals surface area contributed by atoms with Gasteiger partial charge in [-0.15, -0.1) is 0 Å². The third kappa shape index (κ3) is 3.38. The number of nitrogens with zero attached hydrogens (tertiary/aromatic N) is 4. The predicted octanol–water partition coefficient (Wildman–Crippen LogP) is 2.26. The third-order valence-electron chi connectivity index (χ3n) is 4.23. The van der Waals surface area contributed by atoms with Crippen LogP contribution in [0.3, 0.4) is 0 Å². The number of aryl methyl sites for hydroxylation is 1. The summed E-state index contributed by atoms with van der Waals surface area (Å²) < 4.78 is 3.34. The maximum absolute atomic E-state index is 12.6. The fraction of sp³-hybridized carbons (Fsp3) is 0.389. The highest BCUT2D eigenvalue weighted by molar-refractivity contribution is 5.80. The topological polar surface area (TPSA) is 64.7 Å². The molecule has 0 saturated heterocycles. The van der Waals surface area contributed by atoms with Gasteiger partial charge < -0.3 is 5.32 Å². The molecule has 3 aromatic rings. The lowest BCUT2D eigenvalue weighted by Crippen LogP contribution is -2.37. The first-order valence-electron chi connectivity index (χ1n) is 8.28. The van der Waals surface area contributed by atoms with Crippen LogP contribution in [0.2, 0.25) is 0 Å². The van der Waals surface area contributed by atoms with Gasteiger partial charge in [-0.3, -0.25) is 9.48 Å². The van der Waals surface area contributed by atoms with Crippen molar-refractivity contribution in [2.45, 2.75) is 38.9 Å². The lowest BCUT2D eigenvalue weighted by atomic mass is 10.1. The largest absolute Gasteiger partial charge is 0.305 e. The first kappa shape index (κ1) is 16.4. The first-order valence-corrected chi connectivity index (χ1v) is 8.28. The minimum absolute atomic E-state index is 0.0452. The minimum atomic E-state index is -0.0452. The van der Waals surface area contributed by atoms with Crippen molar-refractivity contribution < 1.29 is 0 Å². The Morgan fingerprint density at radius 1 is 1.21 bits per heavy atom. The molecule has 0 bridgehead atoms. The summed E-state index contributed by atoms with van der Waals surface area (Å²) in [6, 6.07) is 7.87. The van der Waals surface area contributed by atoms with Crippen LogP contribution in [-0.4, -0.2) is 25.6 Å². The van der Waals surface area contributed by atoms with Gasteiger partial charge in [0.1, 0.15) is 0 Å². The van der Waals surface area contributed by atoms with Crippen LogP contribution in [0.1, 0.15) is 31.9 Å². The van der Waals surface area contributed by atoms with Crippen molar-refractivity contribution in [3.63, 3.8) is 0 Å². The molecule has 0 amide bonds. The molecular weight excluding hydrogens is 302 g/mol. The van der Waals surface area contributed by atoms with E-state index in [-0.39, 0.29) is 17.6 Å². The number of hydrogen-bond donors (Lipinski definition) is 1. The van der Waals surface area contributed by atoms with E-state index in [1.165, 1.54) is 4.68 Å². The predicted molar refractivity (Wildman–Crippen MR) is 94.8 cm³/mol. The van der Waals surface area contributed by atoms with E-state index in [1.54, 1.807) is 10.9 Å². The molecule has 2 heterocycles. The summed E-state index contributed by atoms with van der Waals surface area (Å²) in [5.74, 6) is 0. The number of aromatic nitrogens is 4. The molecule has 0 fully saturated rings. The van der Waals surface area contributed by atoms with Gasteiger partial charge in [0.25, 0.3) is 5.56 Å². The van der Waals surface area contributed by atoms with Crippen LogP contribution < -0.4 is 10.9 Å². The molecule has 3 rings (SSSR count). The second-order valence-electron chi connectivity index (χ2n) is 6.19. The van der Waals surface area contributed by atoms with Crippen molar-refractivity contribution in [2.24, 2.45) is 7.05 Å². The fourth-order valence-electron chi connectivity index (χ4n) is 2.98. The molecule has 1 aromatic carbocycles. The zero-order valence-corrected chi connectivity index (χ0v) is 14.3. The Hall–Kier alpha value is -2.47. The van der Waals surface area contributed by atoms with Gasteiger partial charge in [0.15, 0.2) is 0 Å². The monoisotopic (exact) mass is 325 g/mol. The molecule has 24 heavy (non-hydrogen) atoms. The summed E-state index contributed by atoms with van der Waals surface area (Å²) in [7, 11) is 1.91. The molecule has 126 valence electrons. The summed E-state index contributed by atoms with van der Waals surface area (Å²) in [5, 5.41) is 13.7. The van der Waals surface area contributed by atoms with Gasteiger partial charge in [0.05, 0.1) is 24.3 Å². The van der Waals surface area contributed by atoms with E-state index in [4.69, 9.17) is 0 Å². The van der Waals surface area contributed by atoms with Crippen LogP contribution in [0.4, 0.5) is 0 Å². The van der Waals surface area contributed by atoms with Gasteiger partial charge in [0, 0.05) is 36.3 Å². The standard InChI is InChI=1S/C18H23N5O/c1-4-17(15-10-19-22(3)12-15)21-13(2)11-23-18(24)16-8-6-5-7-14(16)9-20-23/h5-10,12-13,17,21H,4,11H2,1-3H3/t13-,17+/m1/s1. The van der Waals surface area contributed by atoms with Crippen LogP contribution >= 0.6 is 0 Å². The molecule has 0 unspecified atom stereocenters. The zero-order valence-electron chi connectivity index (χ0n) is 14.3. The Morgan fingerprint density at radius 3 is 2.71 bits per heavy atom. The Balaban J connectivity index is 1.76. The van der Waals surface area contributed by atoms with E-state index in [0.717, 1.165) is 17.4 Å². The van der Waals surface area contributed by atoms with Gasteiger partial charge in [-0.2, -0.15) is 10.2 Å². The number of hydrogen-bond acceptors (Lipinski definition) is 4. The maximum Gasteiger partial charge on any atom is 0.274 e. The third-order valence-corrected chi connectivity index (χ3v) is 4.23. The average Bonchev–Trinajstić information content (AvgIpc) is 3.02. The van der Waals surface area contributed by atoms with Crippen molar-refractivity contribution in [3.8, 4) is 0 Å². The molecule has 0 aliphatic heterocycles. The number of nitrogens with one attached hydrogen (secondary N) is 1. The molecule has 0 radical (unpaired) electrons. The minimum Gasteiger partial charge on any atom is -0.305 e. The smallest absolute Gasteiger partial charge is 0.274 e. The summed E-state index contributed by atoms with van der Waals surface area (Å²) in [4.78, 5) is 12.6. The van der Waals surface area contributed by atoms with Crippen molar-refractivity contribution in [3.05, 3.63) is 58.8 Å². The molecule has 0 saturated carbocycles. The summed E-state index contributed by atoms with van der Waals surface area (Å²) in [6.45, 7) is 4.74. The highest BCUT2D eigenvalue weighted by atomic mass is 16.1. The Labute approximate surface area is 141 Å². The zero-order chi connectivity index (χ0) is 17.1. The van der Waals surface area contributed by atoms with Gasteiger partial charge in [-0.1, -0.05) is 25.1 Å². The van der Waals surface area contributed by atoms with E-state index >= 15 is 0 Å². The van der Waals surface area contributed by atoms with Crippen molar-refractivity contribution >= 4 is 10.8 Å². The van der Waals surface area contributed by atoms with Gasteiger partial charge >= 0.3 is 0 Å². The molecular formula is C18H23N5O. The highest BCUT2D eigenvalue weighted by Gasteiger charge is 2.15. The quantitative estimate of drug-likeness (QED) is 0.755. The molecule has 0 spiro atoms. The van der Waals surface area contributed by atoms with E-state index in [1.807, 2.05) is 43.7 Å². The molecule has 6 nitrogen and oxygen atoms in total. The normalized spacial score (nSPS) is 14.0. The van der Waals surface area contributed by atoms with Gasteiger partial charge in [-0.05, 0) is 19.4 Å². The average molecular weight is 325 g/mol. The highest BCUT2D eigenvalue weighted by Crippen LogP contribution is 2.16. The number of benzene rings is 1. The molecule has 2 aromatic heterocycles. The van der Waals surface area contributed by atoms with Gasteiger partial charge in [0.2, 0.25) is 0 Å². The van der Waals surface area contributed by atoms with E-state index in [9.17, 15) is 4.79 Å². The fourth-order valence-corrected chi connectivity index (χ4v) is 2.98. The van der Waals surface area contributed by atoms with Gasteiger partial charge in [-0.25, -0.2) is 4.68 Å². The van der Waals surface area contributed by atoms with Crippen LogP contribution in [0, 0.1) is 0 Å². The van der Waals surface area contributed by atoms with Crippen LogP contribution in [-0.2, 0) is 13.6 Å². The van der Waals surface area contributed by atoms with E-state index in [0.29, 0.717) is 11.9 Å². The van der Waals surface area contributed by atoms with Crippen LogP contribution in [0.5, 0.6) is 0 Å². The van der Waals surface area contributed by atoms with E-state index in [2.05, 4.69) is 29.4 Å². The lowest BCUT2D eigenvalue weighted by molar-refractivity contribution is 0.386. The Bertz CT molecular complexity index is 882. The molecule has 0 aliphatic rings. The Morgan fingerprint density at radius 2 is 2.00 bits per heavy atom. The van der Waals surface area contributed by atoms with Crippen molar-refractivity contribution in [1.29, 1.82) is 0 Å². The summed E-state index contributed by atoms with van der Waals surface area (Å²) in [5.41, 5.74) is 1.11. The summed E-state index contributed by atoms with van der Waals surface area (Å²) >= 11 is 0.